The molecule has 80 valence electrons. The highest BCUT2D eigenvalue weighted by molar-refractivity contribution is 7.17. The van der Waals surface area contributed by atoms with Crippen molar-refractivity contribution in [3.63, 3.8) is 0 Å². The lowest BCUT2D eigenvalue weighted by molar-refractivity contribution is 0.0697. The van der Waals surface area contributed by atoms with Crippen molar-refractivity contribution in [2.24, 2.45) is 0 Å². The van der Waals surface area contributed by atoms with Gasteiger partial charge in [0.2, 0.25) is 0 Å². The first kappa shape index (κ1) is 10.5. The van der Waals surface area contributed by atoms with Crippen LogP contribution >= 0.6 is 11.3 Å². The van der Waals surface area contributed by atoms with Gasteiger partial charge < -0.3 is 5.11 Å². The van der Waals surface area contributed by atoms with Crippen LogP contribution in [0.25, 0.3) is 10.4 Å². The third-order valence-electron chi connectivity index (χ3n) is 2.06. The standard InChI is InChI=1S/C11H7NO3S/c13-6-7-1-2-10(16-7)8-3-4-12-5-9(8)11(14)15/h1-6H,(H,14,15). The Kier molecular flexibility index (Phi) is 2.78. The van der Waals surface area contributed by atoms with Crippen molar-refractivity contribution in [2.75, 3.05) is 0 Å². The van der Waals surface area contributed by atoms with Gasteiger partial charge in [0.25, 0.3) is 0 Å². The zero-order valence-electron chi connectivity index (χ0n) is 8.08. The average molecular weight is 233 g/mol. The monoisotopic (exact) mass is 233 g/mol. The van der Waals surface area contributed by atoms with E-state index in [1.54, 1.807) is 18.2 Å². The van der Waals surface area contributed by atoms with Gasteiger partial charge >= 0.3 is 5.97 Å². The van der Waals surface area contributed by atoms with Gasteiger partial charge in [0, 0.05) is 22.8 Å². The van der Waals surface area contributed by atoms with Gasteiger partial charge in [-0.1, -0.05) is 0 Å². The summed E-state index contributed by atoms with van der Waals surface area (Å²) in [5, 5.41) is 8.99. The lowest BCUT2D eigenvalue weighted by atomic mass is 10.1. The van der Waals surface area contributed by atoms with E-state index in [1.165, 1.54) is 23.7 Å². The molecule has 16 heavy (non-hydrogen) atoms. The van der Waals surface area contributed by atoms with Crippen LogP contribution in [0.3, 0.4) is 0 Å². The first-order valence-corrected chi connectivity index (χ1v) is 5.26. The number of rotatable bonds is 3. The largest absolute Gasteiger partial charge is 0.478 e. The van der Waals surface area contributed by atoms with Crippen LogP contribution in [0.4, 0.5) is 0 Å². The lowest BCUT2D eigenvalue weighted by Crippen LogP contribution is -1.99. The molecule has 2 aromatic rings. The van der Waals surface area contributed by atoms with Gasteiger partial charge in [0.1, 0.15) is 0 Å². The first-order chi connectivity index (χ1) is 7.72. The fraction of sp³-hybridized carbons (Fsp3) is 0. The number of carboxylic acids is 1. The Bertz CT molecular complexity index is 548. The summed E-state index contributed by atoms with van der Waals surface area (Å²) in [5.74, 6) is -1.02. The Labute approximate surface area is 95.2 Å². The molecule has 0 aliphatic rings. The summed E-state index contributed by atoms with van der Waals surface area (Å²) < 4.78 is 0. The Hall–Kier alpha value is -2.01. The number of carboxylic acid groups (broad SMARTS) is 1. The minimum atomic E-state index is -1.02. The number of hydrogen-bond acceptors (Lipinski definition) is 4. The summed E-state index contributed by atoms with van der Waals surface area (Å²) in [4.78, 5) is 26.6. The predicted octanol–water partition coefficient (Wildman–Crippen LogP) is 2.32. The van der Waals surface area contributed by atoms with E-state index in [-0.39, 0.29) is 5.56 Å². The van der Waals surface area contributed by atoms with Crippen LogP contribution in [0.2, 0.25) is 0 Å². The Morgan fingerprint density at radius 2 is 2.19 bits per heavy atom. The van der Waals surface area contributed by atoms with Crippen LogP contribution in [0, 0.1) is 0 Å². The normalized spacial score (nSPS) is 10.0. The van der Waals surface area contributed by atoms with Crippen LogP contribution in [-0.4, -0.2) is 22.3 Å². The zero-order chi connectivity index (χ0) is 11.5. The third-order valence-corrected chi connectivity index (χ3v) is 3.10. The number of aromatic nitrogens is 1. The molecule has 0 aliphatic carbocycles. The molecule has 4 nitrogen and oxygen atoms in total. The summed E-state index contributed by atoms with van der Waals surface area (Å²) in [6, 6.07) is 5.03. The van der Waals surface area contributed by atoms with Gasteiger partial charge in [0.15, 0.2) is 6.29 Å². The SMILES string of the molecule is O=Cc1ccc(-c2ccncc2C(=O)O)s1. The minimum Gasteiger partial charge on any atom is -0.478 e. The maximum Gasteiger partial charge on any atom is 0.337 e. The number of nitrogens with zero attached hydrogens (tertiary/aromatic N) is 1. The van der Waals surface area contributed by atoms with Crippen LogP contribution in [0.15, 0.2) is 30.6 Å². The highest BCUT2D eigenvalue weighted by Crippen LogP contribution is 2.29. The van der Waals surface area contributed by atoms with Crippen LogP contribution < -0.4 is 0 Å². The quantitative estimate of drug-likeness (QED) is 0.826. The number of aromatic carboxylic acids is 1. The van der Waals surface area contributed by atoms with E-state index in [4.69, 9.17) is 5.11 Å². The second-order valence-electron chi connectivity index (χ2n) is 3.05. The fourth-order valence-electron chi connectivity index (χ4n) is 1.34. The van der Waals surface area contributed by atoms with Crippen molar-refractivity contribution in [1.82, 2.24) is 4.98 Å². The van der Waals surface area contributed by atoms with E-state index >= 15 is 0 Å². The molecule has 0 unspecified atom stereocenters. The van der Waals surface area contributed by atoms with Crippen molar-refractivity contribution in [2.45, 2.75) is 0 Å². The molecule has 2 aromatic heterocycles. The van der Waals surface area contributed by atoms with Gasteiger partial charge in [-0.05, 0) is 18.2 Å². The number of thiophene rings is 1. The van der Waals surface area contributed by atoms with Crippen molar-refractivity contribution in [3.8, 4) is 10.4 Å². The topological polar surface area (TPSA) is 67.3 Å². The third kappa shape index (κ3) is 1.85. The van der Waals surface area contributed by atoms with Gasteiger partial charge in [-0.15, -0.1) is 11.3 Å². The molecule has 5 heteroatoms. The van der Waals surface area contributed by atoms with Gasteiger partial charge in [-0.2, -0.15) is 0 Å². The Balaban J connectivity index is 2.54. The van der Waals surface area contributed by atoms with Crippen molar-refractivity contribution >= 4 is 23.6 Å². The highest BCUT2D eigenvalue weighted by Gasteiger charge is 2.12. The molecule has 0 atom stereocenters. The summed E-state index contributed by atoms with van der Waals surface area (Å²) in [6.07, 6.45) is 3.58. The van der Waals surface area contributed by atoms with E-state index in [2.05, 4.69) is 4.98 Å². The second-order valence-corrected chi connectivity index (χ2v) is 4.16. The summed E-state index contributed by atoms with van der Waals surface area (Å²) in [7, 11) is 0. The van der Waals surface area contributed by atoms with Crippen LogP contribution in [-0.2, 0) is 0 Å². The van der Waals surface area contributed by atoms with Crippen LogP contribution in [0.1, 0.15) is 20.0 Å². The van der Waals surface area contributed by atoms with Gasteiger partial charge in [-0.25, -0.2) is 4.79 Å². The molecule has 0 amide bonds. The lowest BCUT2D eigenvalue weighted by Gasteiger charge is -2.01. The van der Waals surface area contributed by atoms with Crippen LogP contribution in [0.5, 0.6) is 0 Å². The molecule has 0 spiro atoms. The number of pyridine rings is 1. The molecule has 0 aromatic carbocycles. The smallest absolute Gasteiger partial charge is 0.337 e. The van der Waals surface area contributed by atoms with E-state index in [1.807, 2.05) is 0 Å². The van der Waals surface area contributed by atoms with E-state index in [0.717, 1.165) is 11.2 Å². The molecule has 0 saturated carbocycles. The number of aldehydes is 1. The van der Waals surface area contributed by atoms with E-state index < -0.39 is 5.97 Å². The zero-order valence-corrected chi connectivity index (χ0v) is 8.90. The number of carbonyl (C=O) groups is 2. The molecular weight excluding hydrogens is 226 g/mol. The second kappa shape index (κ2) is 4.24. The predicted molar refractivity (Wildman–Crippen MR) is 59.9 cm³/mol. The van der Waals surface area contributed by atoms with E-state index in [0.29, 0.717) is 10.4 Å². The number of hydrogen-bond donors (Lipinski definition) is 1. The fourth-order valence-corrected chi connectivity index (χ4v) is 2.20. The maximum atomic E-state index is 11.0. The molecule has 1 N–H and O–H groups in total. The van der Waals surface area contributed by atoms with E-state index in [9.17, 15) is 9.59 Å². The highest BCUT2D eigenvalue weighted by atomic mass is 32.1. The molecule has 0 fully saturated rings. The minimum absolute atomic E-state index is 0.141. The molecule has 0 aliphatic heterocycles. The average Bonchev–Trinajstić information content (AvgIpc) is 2.77. The number of carbonyl (C=O) groups excluding carboxylic acids is 1. The summed E-state index contributed by atoms with van der Waals surface area (Å²) in [5.41, 5.74) is 0.724. The summed E-state index contributed by atoms with van der Waals surface area (Å²) >= 11 is 1.26. The maximum absolute atomic E-state index is 11.0. The Morgan fingerprint density at radius 1 is 1.38 bits per heavy atom. The summed E-state index contributed by atoms with van der Waals surface area (Å²) in [6.45, 7) is 0. The molecular formula is C11H7NO3S. The molecule has 2 rings (SSSR count). The molecule has 0 radical (unpaired) electrons. The van der Waals surface area contributed by atoms with Gasteiger partial charge in [0.05, 0.1) is 10.4 Å². The molecule has 0 bridgehead atoms. The van der Waals surface area contributed by atoms with Crippen molar-refractivity contribution in [3.05, 3.63) is 41.0 Å². The van der Waals surface area contributed by atoms with Gasteiger partial charge in [-0.3, -0.25) is 9.78 Å². The van der Waals surface area contributed by atoms with Crippen molar-refractivity contribution in [1.29, 1.82) is 0 Å². The molecule has 2 heterocycles. The van der Waals surface area contributed by atoms with Crippen molar-refractivity contribution < 1.29 is 14.7 Å². The first-order valence-electron chi connectivity index (χ1n) is 4.45. The molecule has 0 saturated heterocycles. The Morgan fingerprint density at radius 3 is 2.81 bits per heavy atom.